The Kier molecular flexibility index (Phi) is 7.24. The standard InChI is InChI=1S/C32H28N2O2S/c1-22-18-23(2)29(24(3)19-22)21-36-28-16-14-25(15-17-28)20-30-31(35)34(27-12-8-5-9-13-27)32(37-30)33-26-10-6-4-7-11-26/h4-20H,21H2,1-3H3/b30-20-,33-32?. The third-order valence-electron chi connectivity index (χ3n) is 6.20. The van der Waals surface area contributed by atoms with Gasteiger partial charge in [0.25, 0.3) is 5.91 Å². The van der Waals surface area contributed by atoms with Crippen LogP contribution in [0.2, 0.25) is 0 Å². The largest absolute Gasteiger partial charge is 0.489 e. The Labute approximate surface area is 222 Å². The van der Waals surface area contributed by atoms with E-state index in [0.717, 1.165) is 22.7 Å². The van der Waals surface area contributed by atoms with Crippen LogP contribution >= 0.6 is 11.8 Å². The van der Waals surface area contributed by atoms with Crippen LogP contribution < -0.4 is 9.64 Å². The van der Waals surface area contributed by atoms with Crippen molar-refractivity contribution in [2.24, 2.45) is 4.99 Å². The molecule has 1 aliphatic heterocycles. The highest BCUT2D eigenvalue weighted by atomic mass is 32.2. The van der Waals surface area contributed by atoms with Gasteiger partial charge in [-0.2, -0.15) is 0 Å². The summed E-state index contributed by atoms with van der Waals surface area (Å²) in [6.07, 6.45) is 1.91. The number of hydrogen-bond donors (Lipinski definition) is 0. The number of benzene rings is 4. The number of aliphatic imine (C=N–C) groups is 1. The normalized spacial score (nSPS) is 15.5. The Morgan fingerprint density at radius 2 is 1.46 bits per heavy atom. The first-order valence-corrected chi connectivity index (χ1v) is 13.0. The zero-order chi connectivity index (χ0) is 25.8. The zero-order valence-corrected chi connectivity index (χ0v) is 22.0. The van der Waals surface area contributed by atoms with Crippen LogP contribution in [0.3, 0.4) is 0 Å². The molecule has 1 aliphatic rings. The van der Waals surface area contributed by atoms with E-state index in [-0.39, 0.29) is 5.91 Å². The number of anilines is 1. The van der Waals surface area contributed by atoms with Crippen LogP contribution in [0.25, 0.3) is 6.08 Å². The SMILES string of the molecule is Cc1cc(C)c(COc2ccc(/C=C3\SC(=Nc4ccccc4)N(c4ccccc4)C3=O)cc2)c(C)c1. The number of amides is 1. The van der Waals surface area contributed by atoms with E-state index in [1.807, 2.05) is 91.0 Å². The Balaban J connectivity index is 1.36. The Morgan fingerprint density at radius 3 is 2.11 bits per heavy atom. The second kappa shape index (κ2) is 10.9. The van der Waals surface area contributed by atoms with Gasteiger partial charge in [0.15, 0.2) is 5.17 Å². The van der Waals surface area contributed by atoms with Crippen molar-refractivity contribution in [3.63, 3.8) is 0 Å². The predicted octanol–water partition coefficient (Wildman–Crippen LogP) is 8.00. The number of ether oxygens (including phenoxy) is 1. The molecule has 4 aromatic carbocycles. The van der Waals surface area contributed by atoms with Gasteiger partial charge in [-0.3, -0.25) is 9.69 Å². The molecule has 0 N–H and O–H groups in total. The molecule has 5 heteroatoms. The van der Waals surface area contributed by atoms with E-state index in [0.29, 0.717) is 16.7 Å². The van der Waals surface area contributed by atoms with Crippen molar-refractivity contribution in [3.8, 4) is 5.75 Å². The number of thioether (sulfide) groups is 1. The minimum atomic E-state index is -0.0865. The summed E-state index contributed by atoms with van der Waals surface area (Å²) in [5, 5.41) is 0.637. The smallest absolute Gasteiger partial charge is 0.271 e. The summed E-state index contributed by atoms with van der Waals surface area (Å²) < 4.78 is 6.08. The van der Waals surface area contributed by atoms with Crippen LogP contribution in [-0.2, 0) is 11.4 Å². The molecule has 4 nitrogen and oxygen atoms in total. The van der Waals surface area contributed by atoms with Crippen molar-refractivity contribution in [1.29, 1.82) is 0 Å². The predicted molar refractivity (Wildman–Crippen MR) is 154 cm³/mol. The maximum Gasteiger partial charge on any atom is 0.271 e. The molecule has 184 valence electrons. The van der Waals surface area contributed by atoms with E-state index in [1.165, 1.54) is 34.0 Å². The fourth-order valence-electron chi connectivity index (χ4n) is 4.37. The average molecular weight is 505 g/mol. The van der Waals surface area contributed by atoms with Crippen molar-refractivity contribution < 1.29 is 9.53 Å². The van der Waals surface area contributed by atoms with E-state index >= 15 is 0 Å². The molecule has 0 aromatic heterocycles. The van der Waals surface area contributed by atoms with Gasteiger partial charge in [0.05, 0.1) is 16.3 Å². The van der Waals surface area contributed by atoms with Crippen molar-refractivity contribution >= 4 is 40.3 Å². The average Bonchev–Trinajstić information content (AvgIpc) is 3.19. The van der Waals surface area contributed by atoms with Gasteiger partial charge in [0.2, 0.25) is 0 Å². The molecule has 1 heterocycles. The van der Waals surface area contributed by atoms with Crippen molar-refractivity contribution in [2.75, 3.05) is 4.90 Å². The molecule has 0 atom stereocenters. The molecule has 1 amide bonds. The van der Waals surface area contributed by atoms with Crippen LogP contribution in [0.1, 0.15) is 27.8 Å². The summed E-state index contributed by atoms with van der Waals surface area (Å²) in [5.74, 6) is 0.709. The van der Waals surface area contributed by atoms with Gasteiger partial charge in [-0.05, 0) is 97.3 Å². The first-order valence-electron chi connectivity index (χ1n) is 12.2. The number of carbonyl (C=O) groups excluding carboxylic acids is 1. The number of aryl methyl sites for hydroxylation is 3. The number of hydrogen-bond acceptors (Lipinski definition) is 4. The number of amidine groups is 1. The number of nitrogens with zero attached hydrogens (tertiary/aromatic N) is 2. The molecular weight excluding hydrogens is 476 g/mol. The third kappa shape index (κ3) is 5.68. The fraction of sp³-hybridized carbons (Fsp3) is 0.125. The molecule has 0 spiro atoms. The minimum Gasteiger partial charge on any atom is -0.489 e. The molecular formula is C32H28N2O2S. The summed E-state index contributed by atoms with van der Waals surface area (Å²) in [6.45, 7) is 6.88. The maximum atomic E-state index is 13.5. The molecule has 0 unspecified atom stereocenters. The molecule has 0 aliphatic carbocycles. The summed E-state index contributed by atoms with van der Waals surface area (Å²) in [7, 11) is 0. The summed E-state index contributed by atoms with van der Waals surface area (Å²) in [4.78, 5) is 20.5. The van der Waals surface area contributed by atoms with Crippen LogP contribution in [0.15, 0.2) is 107 Å². The van der Waals surface area contributed by atoms with E-state index in [2.05, 4.69) is 32.9 Å². The molecule has 4 aromatic rings. The molecule has 5 rings (SSSR count). The Morgan fingerprint density at radius 1 is 0.838 bits per heavy atom. The summed E-state index contributed by atoms with van der Waals surface area (Å²) >= 11 is 1.38. The van der Waals surface area contributed by atoms with Crippen LogP contribution in [0.5, 0.6) is 5.75 Å². The quantitative estimate of drug-likeness (QED) is 0.250. The topological polar surface area (TPSA) is 41.9 Å². The van der Waals surface area contributed by atoms with Gasteiger partial charge in [0.1, 0.15) is 12.4 Å². The third-order valence-corrected chi connectivity index (χ3v) is 7.17. The van der Waals surface area contributed by atoms with Gasteiger partial charge in [-0.15, -0.1) is 0 Å². The summed E-state index contributed by atoms with van der Waals surface area (Å²) in [5.41, 5.74) is 7.50. The van der Waals surface area contributed by atoms with Crippen molar-refractivity contribution in [2.45, 2.75) is 27.4 Å². The minimum absolute atomic E-state index is 0.0865. The van der Waals surface area contributed by atoms with Gasteiger partial charge in [-0.1, -0.05) is 66.2 Å². The number of para-hydroxylation sites is 2. The van der Waals surface area contributed by atoms with E-state index in [4.69, 9.17) is 9.73 Å². The monoisotopic (exact) mass is 504 g/mol. The van der Waals surface area contributed by atoms with E-state index < -0.39 is 0 Å². The van der Waals surface area contributed by atoms with E-state index in [9.17, 15) is 4.79 Å². The molecule has 1 fully saturated rings. The molecule has 0 saturated carbocycles. The van der Waals surface area contributed by atoms with Gasteiger partial charge < -0.3 is 4.74 Å². The molecule has 0 radical (unpaired) electrons. The maximum absolute atomic E-state index is 13.5. The lowest BCUT2D eigenvalue weighted by Crippen LogP contribution is -2.28. The highest BCUT2D eigenvalue weighted by Crippen LogP contribution is 2.37. The zero-order valence-electron chi connectivity index (χ0n) is 21.1. The van der Waals surface area contributed by atoms with Crippen molar-refractivity contribution in [3.05, 3.63) is 130 Å². The second-order valence-corrected chi connectivity index (χ2v) is 10.1. The van der Waals surface area contributed by atoms with Crippen molar-refractivity contribution in [1.82, 2.24) is 0 Å². The highest BCUT2D eigenvalue weighted by Gasteiger charge is 2.34. The molecule has 1 saturated heterocycles. The molecule has 0 bridgehead atoms. The van der Waals surface area contributed by atoms with Crippen LogP contribution in [-0.4, -0.2) is 11.1 Å². The summed E-state index contributed by atoms with van der Waals surface area (Å²) in [6, 6.07) is 31.5. The fourth-order valence-corrected chi connectivity index (χ4v) is 5.37. The lowest BCUT2D eigenvalue weighted by atomic mass is 10.0. The second-order valence-electron chi connectivity index (χ2n) is 9.05. The lowest BCUT2D eigenvalue weighted by molar-refractivity contribution is -0.113. The van der Waals surface area contributed by atoms with Crippen LogP contribution in [0.4, 0.5) is 11.4 Å². The lowest BCUT2D eigenvalue weighted by Gasteiger charge is -2.15. The van der Waals surface area contributed by atoms with Gasteiger partial charge in [0, 0.05) is 0 Å². The first kappa shape index (κ1) is 24.6. The van der Waals surface area contributed by atoms with Gasteiger partial charge >= 0.3 is 0 Å². The first-order chi connectivity index (χ1) is 18.0. The van der Waals surface area contributed by atoms with Gasteiger partial charge in [-0.25, -0.2) is 4.99 Å². The number of carbonyl (C=O) groups is 1. The Hall–Kier alpha value is -4.09. The highest BCUT2D eigenvalue weighted by molar-refractivity contribution is 8.19. The Bertz CT molecular complexity index is 1450. The van der Waals surface area contributed by atoms with E-state index in [1.54, 1.807) is 4.90 Å². The molecule has 37 heavy (non-hydrogen) atoms. The van der Waals surface area contributed by atoms with Crippen LogP contribution in [0, 0.1) is 20.8 Å². The number of rotatable bonds is 6.